The van der Waals surface area contributed by atoms with E-state index in [2.05, 4.69) is 5.32 Å². The summed E-state index contributed by atoms with van der Waals surface area (Å²) < 4.78 is 13.6. The first kappa shape index (κ1) is 16.0. The van der Waals surface area contributed by atoms with E-state index in [1.54, 1.807) is 6.92 Å². The van der Waals surface area contributed by atoms with Crippen LogP contribution in [0, 0.1) is 9.39 Å². The number of carbonyl (C=O) groups is 2. The summed E-state index contributed by atoms with van der Waals surface area (Å²) in [4.78, 5) is 25.3. The fourth-order valence-electron chi connectivity index (χ4n) is 2.69. The molecule has 1 aliphatic heterocycles. The second-order valence-electron chi connectivity index (χ2n) is 5.00. The molecule has 1 saturated heterocycles. The van der Waals surface area contributed by atoms with Crippen molar-refractivity contribution in [3.05, 3.63) is 27.6 Å². The first-order valence-corrected chi connectivity index (χ1v) is 7.75. The van der Waals surface area contributed by atoms with Crippen LogP contribution in [0.15, 0.2) is 18.2 Å². The van der Waals surface area contributed by atoms with Gasteiger partial charge >= 0.3 is 12.0 Å². The van der Waals surface area contributed by atoms with Gasteiger partial charge in [-0.05, 0) is 60.1 Å². The van der Waals surface area contributed by atoms with Crippen LogP contribution in [0.5, 0.6) is 0 Å². The molecule has 1 fully saturated rings. The van der Waals surface area contributed by atoms with Gasteiger partial charge in [0.05, 0.1) is 5.69 Å². The Hall–Kier alpha value is -1.38. The molecule has 0 spiro atoms. The van der Waals surface area contributed by atoms with Gasteiger partial charge in [-0.1, -0.05) is 6.92 Å². The third kappa shape index (κ3) is 2.97. The highest BCUT2D eigenvalue weighted by Gasteiger charge is 2.48. The summed E-state index contributed by atoms with van der Waals surface area (Å²) in [5.74, 6) is -1.36. The Morgan fingerprint density at radius 3 is 2.81 bits per heavy atom. The molecule has 1 atom stereocenters. The minimum absolute atomic E-state index is 0.357. The molecule has 0 bridgehead atoms. The molecule has 0 saturated carbocycles. The molecular weight excluding hydrogens is 390 g/mol. The highest BCUT2D eigenvalue weighted by Crippen LogP contribution is 2.33. The van der Waals surface area contributed by atoms with Gasteiger partial charge in [-0.3, -0.25) is 0 Å². The van der Waals surface area contributed by atoms with E-state index < -0.39 is 17.5 Å². The normalized spacial score (nSPS) is 21.4. The summed E-state index contributed by atoms with van der Waals surface area (Å²) >= 11 is 1.92. The summed E-state index contributed by atoms with van der Waals surface area (Å²) in [5, 5.41) is 12.1. The van der Waals surface area contributed by atoms with Crippen molar-refractivity contribution in [2.75, 3.05) is 11.9 Å². The first-order chi connectivity index (χ1) is 9.90. The van der Waals surface area contributed by atoms with Crippen molar-refractivity contribution in [3.63, 3.8) is 0 Å². The molecule has 114 valence electrons. The number of nitrogens with zero attached hydrogens (tertiary/aromatic N) is 1. The molecule has 1 heterocycles. The Morgan fingerprint density at radius 2 is 2.24 bits per heavy atom. The van der Waals surface area contributed by atoms with Gasteiger partial charge < -0.3 is 15.3 Å². The van der Waals surface area contributed by atoms with Crippen molar-refractivity contribution in [1.29, 1.82) is 0 Å². The maximum absolute atomic E-state index is 13.1. The molecule has 0 aromatic heterocycles. The summed E-state index contributed by atoms with van der Waals surface area (Å²) in [6.45, 7) is 2.17. The minimum atomic E-state index is -1.14. The Labute approximate surface area is 135 Å². The number of carbonyl (C=O) groups excluding carboxylic acids is 1. The zero-order valence-electron chi connectivity index (χ0n) is 11.5. The number of nitrogens with one attached hydrogen (secondary N) is 1. The van der Waals surface area contributed by atoms with E-state index in [1.165, 1.54) is 23.1 Å². The van der Waals surface area contributed by atoms with Crippen molar-refractivity contribution in [3.8, 4) is 0 Å². The van der Waals surface area contributed by atoms with Crippen LogP contribution in [0.1, 0.15) is 26.2 Å². The number of aliphatic carboxylic acids is 1. The van der Waals surface area contributed by atoms with E-state index in [-0.39, 0.29) is 5.82 Å². The fraction of sp³-hybridized carbons (Fsp3) is 0.429. The lowest BCUT2D eigenvalue weighted by Gasteiger charge is -2.33. The van der Waals surface area contributed by atoms with E-state index >= 15 is 0 Å². The highest BCUT2D eigenvalue weighted by atomic mass is 127. The van der Waals surface area contributed by atoms with Gasteiger partial charge in [0.15, 0.2) is 0 Å². The maximum atomic E-state index is 13.1. The average Bonchev–Trinajstić information content (AvgIpc) is 2.87. The lowest BCUT2D eigenvalue weighted by molar-refractivity contribution is -0.148. The van der Waals surface area contributed by atoms with E-state index in [0.29, 0.717) is 35.1 Å². The average molecular weight is 406 g/mol. The molecule has 0 radical (unpaired) electrons. The van der Waals surface area contributed by atoms with Crippen LogP contribution in [-0.4, -0.2) is 34.1 Å². The molecule has 2 rings (SSSR count). The SMILES string of the molecule is CCC1(C(=O)O)CCCN1C(=O)Nc1ccc(F)cc1I. The second kappa shape index (κ2) is 6.17. The number of carboxylic acid groups (broad SMARTS) is 1. The molecule has 1 aromatic rings. The summed E-state index contributed by atoms with van der Waals surface area (Å²) in [7, 11) is 0. The van der Waals surface area contributed by atoms with Gasteiger partial charge in [-0.25, -0.2) is 14.0 Å². The number of urea groups is 1. The molecule has 0 aliphatic carbocycles. The van der Waals surface area contributed by atoms with E-state index in [0.717, 1.165) is 0 Å². The number of likely N-dealkylation sites (tertiary alicyclic amines) is 1. The molecule has 1 unspecified atom stereocenters. The van der Waals surface area contributed by atoms with Gasteiger partial charge in [-0.15, -0.1) is 0 Å². The molecule has 1 aromatic carbocycles. The Kier molecular flexibility index (Phi) is 4.70. The van der Waals surface area contributed by atoms with Crippen LogP contribution in [0.3, 0.4) is 0 Å². The van der Waals surface area contributed by atoms with Gasteiger partial charge in [0, 0.05) is 10.1 Å². The monoisotopic (exact) mass is 406 g/mol. The second-order valence-corrected chi connectivity index (χ2v) is 6.16. The van der Waals surface area contributed by atoms with Crippen LogP contribution < -0.4 is 5.32 Å². The molecule has 2 amide bonds. The Morgan fingerprint density at radius 1 is 1.52 bits per heavy atom. The van der Waals surface area contributed by atoms with E-state index in [4.69, 9.17) is 0 Å². The van der Waals surface area contributed by atoms with Crippen LogP contribution in [0.25, 0.3) is 0 Å². The molecule has 7 heteroatoms. The van der Waals surface area contributed by atoms with Crippen molar-refractivity contribution >= 4 is 40.3 Å². The lowest BCUT2D eigenvalue weighted by Crippen LogP contribution is -2.54. The maximum Gasteiger partial charge on any atom is 0.329 e. The van der Waals surface area contributed by atoms with Crippen molar-refractivity contribution in [2.24, 2.45) is 0 Å². The highest BCUT2D eigenvalue weighted by molar-refractivity contribution is 14.1. The Balaban J connectivity index is 2.21. The van der Waals surface area contributed by atoms with E-state index in [9.17, 15) is 19.1 Å². The van der Waals surface area contributed by atoms with Crippen LogP contribution in [0.2, 0.25) is 0 Å². The zero-order valence-corrected chi connectivity index (χ0v) is 13.7. The number of amides is 2. The lowest BCUT2D eigenvalue weighted by atomic mass is 9.93. The first-order valence-electron chi connectivity index (χ1n) is 6.68. The number of rotatable bonds is 3. The van der Waals surface area contributed by atoms with Crippen molar-refractivity contribution in [2.45, 2.75) is 31.7 Å². The standard InChI is InChI=1S/C14H16FIN2O3/c1-2-14(12(19)20)6-3-7-18(14)13(21)17-11-5-4-9(15)8-10(11)16/h4-5,8H,2-3,6-7H2,1H3,(H,17,21)(H,19,20). The predicted molar refractivity (Wildman–Crippen MR) is 84.7 cm³/mol. The third-order valence-corrected chi connectivity index (χ3v) is 4.78. The number of carboxylic acids is 1. The third-order valence-electron chi connectivity index (χ3n) is 3.89. The largest absolute Gasteiger partial charge is 0.479 e. The number of anilines is 1. The van der Waals surface area contributed by atoms with Crippen molar-refractivity contribution < 1.29 is 19.1 Å². The smallest absolute Gasteiger partial charge is 0.329 e. The van der Waals surface area contributed by atoms with Gasteiger partial charge in [0.25, 0.3) is 0 Å². The number of hydrogen-bond acceptors (Lipinski definition) is 2. The van der Waals surface area contributed by atoms with Crippen LogP contribution >= 0.6 is 22.6 Å². The number of halogens is 2. The van der Waals surface area contributed by atoms with Crippen LogP contribution in [-0.2, 0) is 4.79 Å². The summed E-state index contributed by atoms with van der Waals surface area (Å²) in [6, 6.07) is 3.58. The Bertz CT molecular complexity index is 581. The topological polar surface area (TPSA) is 69.6 Å². The quantitative estimate of drug-likeness (QED) is 0.758. The number of benzene rings is 1. The summed E-state index contributed by atoms with van der Waals surface area (Å²) in [6.07, 6.45) is 1.47. The molecular formula is C14H16FIN2O3. The molecule has 2 N–H and O–H groups in total. The molecule has 5 nitrogen and oxygen atoms in total. The zero-order chi connectivity index (χ0) is 15.6. The van der Waals surface area contributed by atoms with Crippen LogP contribution in [0.4, 0.5) is 14.9 Å². The predicted octanol–water partition coefficient (Wildman–Crippen LogP) is 3.29. The van der Waals surface area contributed by atoms with Gasteiger partial charge in [0.2, 0.25) is 0 Å². The van der Waals surface area contributed by atoms with E-state index in [1.807, 2.05) is 22.6 Å². The summed E-state index contributed by atoms with van der Waals surface area (Å²) in [5.41, 5.74) is -0.667. The van der Waals surface area contributed by atoms with Gasteiger partial charge in [-0.2, -0.15) is 0 Å². The minimum Gasteiger partial charge on any atom is -0.479 e. The van der Waals surface area contributed by atoms with Crippen molar-refractivity contribution in [1.82, 2.24) is 4.90 Å². The van der Waals surface area contributed by atoms with Gasteiger partial charge in [0.1, 0.15) is 11.4 Å². The molecule has 21 heavy (non-hydrogen) atoms. The fourth-order valence-corrected chi connectivity index (χ4v) is 3.30. The molecule has 1 aliphatic rings. The number of hydrogen-bond donors (Lipinski definition) is 2.